The van der Waals surface area contributed by atoms with Gasteiger partial charge in [0, 0.05) is 0 Å². The average molecular weight is 465 g/mol. The van der Waals surface area contributed by atoms with Crippen molar-refractivity contribution in [3.05, 3.63) is 28.8 Å². The van der Waals surface area contributed by atoms with Crippen LogP contribution in [0.25, 0.3) is 0 Å². The molecular formula is C29H54P2. The first-order valence-electron chi connectivity index (χ1n) is 12.3. The van der Waals surface area contributed by atoms with Crippen LogP contribution in [0.2, 0.25) is 0 Å². The third-order valence-electron chi connectivity index (χ3n) is 6.10. The molecule has 0 bridgehead atoms. The summed E-state index contributed by atoms with van der Waals surface area (Å²) in [6.07, 6.45) is 4.07. The van der Waals surface area contributed by atoms with Gasteiger partial charge in [0.05, 0.1) is 0 Å². The van der Waals surface area contributed by atoms with Crippen molar-refractivity contribution in [1.29, 1.82) is 0 Å². The number of hydrogen-bond acceptors (Lipinski definition) is 0. The maximum absolute atomic E-state index is 2.54. The summed E-state index contributed by atoms with van der Waals surface area (Å²) in [7, 11) is 0.906. The number of benzene rings is 1. The molecule has 31 heavy (non-hydrogen) atoms. The Morgan fingerprint density at radius 2 is 1.00 bits per heavy atom. The van der Waals surface area contributed by atoms with Gasteiger partial charge in [-0.2, -0.15) is 0 Å². The fourth-order valence-electron chi connectivity index (χ4n) is 4.58. The first-order valence-corrected chi connectivity index (χ1v) is 15.0. The third kappa shape index (κ3) is 8.42. The first kappa shape index (κ1) is 29.1. The molecule has 0 aliphatic carbocycles. The summed E-state index contributed by atoms with van der Waals surface area (Å²) in [5.74, 6) is 0. The Morgan fingerprint density at radius 1 is 0.613 bits per heavy atom. The normalized spacial score (nSPS) is 14.8. The van der Waals surface area contributed by atoms with Gasteiger partial charge in [-0.15, -0.1) is 0 Å². The molecule has 0 radical (unpaired) electrons. The van der Waals surface area contributed by atoms with Crippen molar-refractivity contribution in [3.63, 3.8) is 0 Å². The SMILES string of the molecule is CC(C)(C)c1cc(C(C)(C)C)c(PCCCP(C(C)(C)C)C(C)(C)C)c(C(C)(C)C)c1. The van der Waals surface area contributed by atoms with Crippen LogP contribution < -0.4 is 5.30 Å². The van der Waals surface area contributed by atoms with Crippen LogP contribution >= 0.6 is 16.5 Å². The lowest BCUT2D eigenvalue weighted by Crippen LogP contribution is -2.30. The van der Waals surface area contributed by atoms with Gasteiger partial charge in [0.25, 0.3) is 0 Å². The van der Waals surface area contributed by atoms with E-state index in [2.05, 4.69) is 116 Å². The van der Waals surface area contributed by atoms with Crippen LogP contribution in [-0.4, -0.2) is 22.6 Å². The summed E-state index contributed by atoms with van der Waals surface area (Å²) >= 11 is 0. The molecule has 1 atom stereocenters. The highest BCUT2D eigenvalue weighted by Gasteiger charge is 2.34. The van der Waals surface area contributed by atoms with E-state index in [4.69, 9.17) is 0 Å². The van der Waals surface area contributed by atoms with Crippen LogP contribution in [0.15, 0.2) is 12.1 Å². The molecule has 0 aromatic heterocycles. The van der Waals surface area contributed by atoms with E-state index in [9.17, 15) is 0 Å². The van der Waals surface area contributed by atoms with Crippen molar-refractivity contribution >= 4 is 21.8 Å². The molecule has 0 aliphatic rings. The summed E-state index contributed by atoms with van der Waals surface area (Å²) in [5, 5.41) is 2.51. The molecule has 180 valence electrons. The fraction of sp³-hybridized carbons (Fsp3) is 0.793. The van der Waals surface area contributed by atoms with E-state index in [0.29, 0.717) is 10.3 Å². The Bertz CT molecular complexity index is 673. The van der Waals surface area contributed by atoms with Gasteiger partial charge in [-0.3, -0.25) is 0 Å². The molecule has 1 aromatic rings. The van der Waals surface area contributed by atoms with Crippen LogP contribution in [0.3, 0.4) is 0 Å². The molecule has 1 rings (SSSR count). The van der Waals surface area contributed by atoms with Crippen molar-refractivity contribution in [3.8, 4) is 0 Å². The van der Waals surface area contributed by atoms with Gasteiger partial charge in [-0.05, 0) is 67.3 Å². The average Bonchev–Trinajstić information content (AvgIpc) is 2.48. The summed E-state index contributed by atoms with van der Waals surface area (Å²) in [4.78, 5) is 0. The Morgan fingerprint density at radius 3 is 1.29 bits per heavy atom. The molecule has 0 saturated carbocycles. The molecule has 0 heterocycles. The summed E-state index contributed by atoms with van der Waals surface area (Å²) in [5.41, 5.74) is 5.17. The number of rotatable bonds is 5. The van der Waals surface area contributed by atoms with E-state index >= 15 is 0 Å². The van der Waals surface area contributed by atoms with Crippen LogP contribution in [-0.2, 0) is 16.2 Å². The van der Waals surface area contributed by atoms with Crippen LogP contribution in [0.5, 0.6) is 0 Å². The zero-order valence-electron chi connectivity index (χ0n) is 23.7. The monoisotopic (exact) mass is 464 g/mol. The quantitative estimate of drug-likeness (QED) is 0.301. The minimum absolute atomic E-state index is 0.000107. The van der Waals surface area contributed by atoms with Gasteiger partial charge in [0.1, 0.15) is 0 Å². The van der Waals surface area contributed by atoms with E-state index in [0.717, 1.165) is 8.58 Å². The second-order valence-electron chi connectivity index (χ2n) is 14.5. The minimum Gasteiger partial charge on any atom is -0.0956 e. The summed E-state index contributed by atoms with van der Waals surface area (Å²) in [6.45, 7) is 36.1. The van der Waals surface area contributed by atoms with Gasteiger partial charge in [0.15, 0.2) is 0 Å². The van der Waals surface area contributed by atoms with E-state index < -0.39 is 0 Å². The van der Waals surface area contributed by atoms with Crippen molar-refractivity contribution in [2.24, 2.45) is 0 Å². The fourth-order valence-corrected chi connectivity index (χ4v) is 10.6. The molecule has 0 nitrogen and oxygen atoms in total. The Hall–Kier alpha value is 0.0800. The van der Waals surface area contributed by atoms with Gasteiger partial charge in [-0.1, -0.05) is 132 Å². The third-order valence-corrected chi connectivity index (χ3v) is 11.6. The number of hydrogen-bond donors (Lipinski definition) is 0. The van der Waals surface area contributed by atoms with Gasteiger partial charge >= 0.3 is 0 Å². The minimum atomic E-state index is 0.000107. The zero-order valence-corrected chi connectivity index (χ0v) is 25.6. The largest absolute Gasteiger partial charge is 0.0956 e. The second kappa shape index (κ2) is 9.75. The lowest BCUT2D eigenvalue weighted by Gasteiger charge is -2.41. The highest BCUT2D eigenvalue weighted by Crippen LogP contribution is 2.59. The maximum atomic E-state index is 2.54. The molecule has 0 saturated heterocycles. The van der Waals surface area contributed by atoms with E-state index in [1.54, 1.807) is 16.4 Å². The van der Waals surface area contributed by atoms with Crippen molar-refractivity contribution in [1.82, 2.24) is 0 Å². The molecule has 0 fully saturated rings. The Labute approximate surface area is 199 Å². The smallest absolute Gasteiger partial charge is 0.0125 e. The lowest BCUT2D eigenvalue weighted by atomic mass is 9.75. The Balaban J connectivity index is 3.30. The van der Waals surface area contributed by atoms with Gasteiger partial charge in [-0.25, -0.2) is 0 Å². The standard InChI is InChI=1S/C29H54P2/c1-25(2,3)21-19-22(26(4,5)6)24(23(20-21)27(7,8)9)30-17-16-18-31(28(10,11)12)29(13,14)15/h19-20,30H,16-18H2,1-15H3. The lowest BCUT2D eigenvalue weighted by molar-refractivity contribution is 0.553. The highest BCUT2D eigenvalue weighted by molar-refractivity contribution is 7.60. The molecule has 0 amide bonds. The Kier molecular flexibility index (Phi) is 9.16. The van der Waals surface area contributed by atoms with E-state index in [1.165, 1.54) is 24.3 Å². The second-order valence-corrected chi connectivity index (χ2v) is 19.8. The van der Waals surface area contributed by atoms with Gasteiger partial charge in [0.2, 0.25) is 0 Å². The van der Waals surface area contributed by atoms with E-state index in [1.807, 2.05) is 0 Å². The summed E-state index contributed by atoms with van der Waals surface area (Å²) in [6, 6.07) is 5.07. The van der Waals surface area contributed by atoms with Crippen LogP contribution in [0, 0.1) is 0 Å². The van der Waals surface area contributed by atoms with Gasteiger partial charge < -0.3 is 0 Å². The zero-order chi connectivity index (χ0) is 24.6. The van der Waals surface area contributed by atoms with Crippen LogP contribution in [0.1, 0.15) is 127 Å². The molecule has 0 aliphatic heterocycles. The molecule has 1 unspecified atom stereocenters. The topological polar surface area (TPSA) is 0 Å². The van der Waals surface area contributed by atoms with Crippen molar-refractivity contribution < 1.29 is 0 Å². The van der Waals surface area contributed by atoms with E-state index in [-0.39, 0.29) is 24.2 Å². The first-order chi connectivity index (χ1) is 13.6. The summed E-state index contributed by atoms with van der Waals surface area (Å²) < 4.78 is 0. The maximum Gasteiger partial charge on any atom is -0.0125 e. The highest BCUT2D eigenvalue weighted by atomic mass is 31.1. The van der Waals surface area contributed by atoms with Crippen molar-refractivity contribution in [2.45, 2.75) is 137 Å². The molecule has 0 spiro atoms. The predicted octanol–water partition coefficient (Wildman–Crippen LogP) is 9.35. The molecule has 1 aromatic carbocycles. The van der Waals surface area contributed by atoms with Crippen LogP contribution in [0.4, 0.5) is 0 Å². The molecular weight excluding hydrogens is 410 g/mol. The predicted molar refractivity (Wildman–Crippen MR) is 151 cm³/mol. The molecule has 2 heteroatoms. The molecule has 0 N–H and O–H groups in total. The van der Waals surface area contributed by atoms with Crippen molar-refractivity contribution in [2.75, 3.05) is 12.3 Å².